The molecule has 9 heteroatoms. The lowest BCUT2D eigenvalue weighted by molar-refractivity contribution is -0.130. The van der Waals surface area contributed by atoms with Gasteiger partial charge in [-0.15, -0.1) is 0 Å². The van der Waals surface area contributed by atoms with Crippen molar-refractivity contribution in [3.63, 3.8) is 0 Å². The van der Waals surface area contributed by atoms with Gasteiger partial charge in [-0.1, -0.05) is 0 Å². The fraction of sp³-hybridized carbons (Fsp3) is 0.500. The Bertz CT molecular complexity index is 902. The van der Waals surface area contributed by atoms with Crippen molar-refractivity contribution in [1.29, 1.82) is 0 Å². The van der Waals surface area contributed by atoms with Crippen LogP contribution in [-0.4, -0.2) is 76.0 Å². The number of piperazine rings is 1. The molecular formula is C18H23N5O4. The molecule has 27 heavy (non-hydrogen) atoms. The lowest BCUT2D eigenvalue weighted by Gasteiger charge is -2.33. The van der Waals surface area contributed by atoms with Gasteiger partial charge >= 0.3 is 0 Å². The first-order valence-electron chi connectivity index (χ1n) is 8.92. The van der Waals surface area contributed by atoms with Crippen molar-refractivity contribution >= 4 is 23.0 Å². The van der Waals surface area contributed by atoms with E-state index in [2.05, 4.69) is 9.97 Å². The lowest BCUT2D eigenvalue weighted by Crippen LogP contribution is -2.51. The number of amides is 2. The molecule has 9 nitrogen and oxygen atoms in total. The van der Waals surface area contributed by atoms with E-state index in [1.807, 2.05) is 0 Å². The van der Waals surface area contributed by atoms with E-state index in [1.165, 1.54) is 11.5 Å². The molecule has 0 atom stereocenters. The maximum Gasteiger partial charge on any atom is 0.283 e. The van der Waals surface area contributed by atoms with Crippen LogP contribution in [-0.2, 0) is 16.1 Å². The predicted octanol–water partition coefficient (Wildman–Crippen LogP) is 0.132. The Hall–Kier alpha value is -2.81. The third kappa shape index (κ3) is 3.97. The molecule has 2 aromatic rings. The number of methoxy groups -OCH3 is 1. The Kier molecular flexibility index (Phi) is 5.80. The topological polar surface area (TPSA) is 97.6 Å². The summed E-state index contributed by atoms with van der Waals surface area (Å²) in [6.45, 7) is 4.08. The highest BCUT2D eigenvalue weighted by Crippen LogP contribution is 2.11. The fourth-order valence-electron chi connectivity index (χ4n) is 3.16. The number of rotatable bonds is 5. The number of nitrogens with zero attached hydrogens (tertiary/aromatic N) is 5. The van der Waals surface area contributed by atoms with Gasteiger partial charge in [0.2, 0.25) is 5.91 Å². The number of hydrogen-bond donors (Lipinski definition) is 0. The van der Waals surface area contributed by atoms with Crippen molar-refractivity contribution in [2.75, 3.05) is 39.9 Å². The van der Waals surface area contributed by atoms with Crippen LogP contribution in [0.5, 0.6) is 0 Å². The summed E-state index contributed by atoms with van der Waals surface area (Å²) in [5.74, 6) is -0.424. The molecule has 2 aromatic heterocycles. The molecule has 1 aliphatic heterocycles. The SMILES string of the molecule is COCCCn1c(=O)c(C(=O)N2CCN(C(C)=O)CC2)nc2cccnc21. The van der Waals surface area contributed by atoms with Gasteiger partial charge in [0, 0.05) is 59.6 Å². The molecule has 0 aromatic carbocycles. The second kappa shape index (κ2) is 8.26. The number of pyridine rings is 1. The Labute approximate surface area is 156 Å². The van der Waals surface area contributed by atoms with Gasteiger partial charge in [0.25, 0.3) is 11.5 Å². The first-order chi connectivity index (χ1) is 13.0. The zero-order valence-corrected chi connectivity index (χ0v) is 15.6. The highest BCUT2D eigenvalue weighted by molar-refractivity contribution is 5.93. The smallest absolute Gasteiger partial charge is 0.283 e. The van der Waals surface area contributed by atoms with Crippen molar-refractivity contribution in [2.45, 2.75) is 19.9 Å². The van der Waals surface area contributed by atoms with Gasteiger partial charge in [-0.05, 0) is 18.6 Å². The summed E-state index contributed by atoms with van der Waals surface area (Å²) in [4.78, 5) is 49.1. The van der Waals surface area contributed by atoms with Crippen LogP contribution in [0.4, 0.5) is 0 Å². The Morgan fingerprint density at radius 3 is 2.56 bits per heavy atom. The van der Waals surface area contributed by atoms with Crippen LogP contribution in [0.3, 0.4) is 0 Å². The number of hydrogen-bond acceptors (Lipinski definition) is 6. The number of aromatic nitrogens is 3. The lowest BCUT2D eigenvalue weighted by atomic mass is 10.2. The minimum Gasteiger partial charge on any atom is -0.385 e. The average Bonchev–Trinajstić information content (AvgIpc) is 2.69. The molecule has 1 saturated heterocycles. The van der Waals surface area contributed by atoms with Gasteiger partial charge in [-0.25, -0.2) is 9.97 Å². The Balaban J connectivity index is 1.92. The summed E-state index contributed by atoms with van der Waals surface area (Å²) in [6, 6.07) is 3.46. The number of carbonyl (C=O) groups is 2. The van der Waals surface area contributed by atoms with Crippen molar-refractivity contribution in [1.82, 2.24) is 24.3 Å². The van der Waals surface area contributed by atoms with Crippen molar-refractivity contribution < 1.29 is 14.3 Å². The second-order valence-corrected chi connectivity index (χ2v) is 6.41. The summed E-state index contributed by atoms with van der Waals surface area (Å²) in [6.07, 6.45) is 2.22. The van der Waals surface area contributed by atoms with Crippen LogP contribution in [0.2, 0.25) is 0 Å². The highest BCUT2D eigenvalue weighted by Gasteiger charge is 2.27. The van der Waals surface area contributed by atoms with Crippen LogP contribution < -0.4 is 5.56 Å². The monoisotopic (exact) mass is 373 g/mol. The number of ether oxygens (including phenoxy) is 1. The molecule has 2 amide bonds. The van der Waals surface area contributed by atoms with E-state index >= 15 is 0 Å². The van der Waals surface area contributed by atoms with Gasteiger partial charge in [0.1, 0.15) is 5.52 Å². The molecule has 0 aliphatic carbocycles. The molecule has 0 N–H and O–H groups in total. The van der Waals surface area contributed by atoms with Gasteiger partial charge in [0.05, 0.1) is 0 Å². The summed E-state index contributed by atoms with van der Waals surface area (Å²) >= 11 is 0. The normalized spacial score (nSPS) is 14.6. The van der Waals surface area contributed by atoms with Crippen LogP contribution in [0, 0.1) is 0 Å². The summed E-state index contributed by atoms with van der Waals surface area (Å²) in [7, 11) is 1.60. The predicted molar refractivity (Wildman–Crippen MR) is 98.4 cm³/mol. The first kappa shape index (κ1) is 19.0. The summed E-state index contributed by atoms with van der Waals surface area (Å²) < 4.78 is 6.55. The molecule has 1 fully saturated rings. The van der Waals surface area contributed by atoms with Crippen molar-refractivity contribution in [2.24, 2.45) is 0 Å². The third-order valence-corrected chi connectivity index (χ3v) is 4.65. The molecule has 3 rings (SSSR count). The molecule has 0 radical (unpaired) electrons. The molecule has 0 spiro atoms. The molecule has 0 bridgehead atoms. The van der Waals surface area contributed by atoms with E-state index in [1.54, 1.807) is 35.2 Å². The highest BCUT2D eigenvalue weighted by atomic mass is 16.5. The summed E-state index contributed by atoms with van der Waals surface area (Å²) in [5, 5.41) is 0. The van der Waals surface area contributed by atoms with E-state index < -0.39 is 11.5 Å². The van der Waals surface area contributed by atoms with Gasteiger partial charge in [0.15, 0.2) is 11.3 Å². The standard InChI is InChI=1S/C18H23N5O4/c1-13(24)21-8-10-22(11-9-21)17(25)15-18(26)23(7-4-12-27-2)16-14(20-15)5-3-6-19-16/h3,5-6H,4,7-12H2,1-2H3. The molecule has 3 heterocycles. The zero-order valence-electron chi connectivity index (χ0n) is 15.6. The van der Waals surface area contributed by atoms with Crippen LogP contribution in [0.25, 0.3) is 11.2 Å². The van der Waals surface area contributed by atoms with Gasteiger partial charge in [-0.3, -0.25) is 19.0 Å². The quantitative estimate of drug-likeness (QED) is 0.691. The summed E-state index contributed by atoms with van der Waals surface area (Å²) in [5.41, 5.74) is 0.400. The van der Waals surface area contributed by atoms with E-state index in [4.69, 9.17) is 4.74 Å². The minimum atomic E-state index is -0.448. The number of aryl methyl sites for hydroxylation is 1. The molecular weight excluding hydrogens is 350 g/mol. The van der Waals surface area contributed by atoms with Gasteiger partial charge < -0.3 is 14.5 Å². The third-order valence-electron chi connectivity index (χ3n) is 4.65. The maximum absolute atomic E-state index is 12.9. The van der Waals surface area contributed by atoms with Crippen LogP contribution in [0.15, 0.2) is 23.1 Å². The van der Waals surface area contributed by atoms with Gasteiger partial charge in [-0.2, -0.15) is 0 Å². The van der Waals surface area contributed by atoms with Crippen LogP contribution in [0.1, 0.15) is 23.8 Å². The number of carbonyl (C=O) groups excluding carboxylic acids is 2. The largest absolute Gasteiger partial charge is 0.385 e. The molecule has 0 saturated carbocycles. The van der Waals surface area contributed by atoms with Crippen molar-refractivity contribution in [3.05, 3.63) is 34.4 Å². The second-order valence-electron chi connectivity index (χ2n) is 6.41. The van der Waals surface area contributed by atoms with E-state index in [0.29, 0.717) is 56.9 Å². The molecule has 0 unspecified atom stereocenters. The van der Waals surface area contributed by atoms with E-state index in [0.717, 1.165) is 0 Å². The average molecular weight is 373 g/mol. The van der Waals surface area contributed by atoms with Crippen molar-refractivity contribution in [3.8, 4) is 0 Å². The van der Waals surface area contributed by atoms with E-state index in [9.17, 15) is 14.4 Å². The van der Waals surface area contributed by atoms with E-state index in [-0.39, 0.29) is 11.6 Å². The Morgan fingerprint density at radius 2 is 1.89 bits per heavy atom. The zero-order chi connectivity index (χ0) is 19.4. The molecule has 144 valence electrons. The maximum atomic E-state index is 12.9. The fourth-order valence-corrected chi connectivity index (χ4v) is 3.16. The van der Waals surface area contributed by atoms with Crippen LogP contribution >= 0.6 is 0 Å². The molecule has 1 aliphatic rings. The Morgan fingerprint density at radius 1 is 1.19 bits per heavy atom. The number of fused-ring (bicyclic) bond motifs is 1. The minimum absolute atomic E-state index is 0.0162. The first-order valence-corrected chi connectivity index (χ1v) is 8.92.